The Morgan fingerprint density at radius 1 is 0.986 bits per heavy atom. The summed E-state index contributed by atoms with van der Waals surface area (Å²) in [7, 11) is 3.22. The molecule has 15 nitrogen and oxygen atoms in total. The number of oxazole rings is 2. The van der Waals surface area contributed by atoms with Crippen LogP contribution < -0.4 is 0 Å². The van der Waals surface area contributed by atoms with Crippen LogP contribution in [0.3, 0.4) is 0 Å². The third-order valence-corrected chi connectivity index (χ3v) is 14.2. The van der Waals surface area contributed by atoms with E-state index in [1.807, 2.05) is 64.2 Å². The maximum Gasteiger partial charge on any atom is 0.330 e. The van der Waals surface area contributed by atoms with E-state index in [9.17, 15) is 20.1 Å². The predicted molar refractivity (Wildman–Crippen MR) is 261 cm³/mol. The monoisotopic (exact) mass is 1020 g/mol. The van der Waals surface area contributed by atoms with Gasteiger partial charge in [0.25, 0.3) is 0 Å². The lowest BCUT2D eigenvalue weighted by Gasteiger charge is -2.44. The van der Waals surface area contributed by atoms with Crippen LogP contribution in [0.4, 0.5) is 0 Å². The summed E-state index contributed by atoms with van der Waals surface area (Å²) in [6, 6.07) is 0. The van der Waals surface area contributed by atoms with Crippen LogP contribution >= 0.6 is 15.9 Å². The first-order chi connectivity index (χ1) is 33.1. The molecule has 4 saturated heterocycles. The number of allylic oxidation sites excluding steroid dienone is 2. The molecule has 7 rings (SSSR count). The van der Waals surface area contributed by atoms with E-state index in [4.69, 9.17) is 52.0 Å². The van der Waals surface area contributed by atoms with Crippen LogP contribution in [0, 0.1) is 11.8 Å². The summed E-state index contributed by atoms with van der Waals surface area (Å²) < 4.78 is 55.2. The van der Waals surface area contributed by atoms with Crippen molar-refractivity contribution in [2.45, 2.75) is 177 Å². The minimum Gasteiger partial charge on any atom is -0.458 e. The summed E-state index contributed by atoms with van der Waals surface area (Å²) in [4.78, 5) is 24.8. The second-order valence-corrected chi connectivity index (χ2v) is 20.0. The molecule has 0 aromatic carbocycles. The summed E-state index contributed by atoms with van der Waals surface area (Å²) in [5, 5.41) is 33.9. The van der Waals surface area contributed by atoms with Gasteiger partial charge in [-0.25, -0.2) is 14.8 Å². The number of carbonyl (C=O) groups is 1. The molecule has 8 bridgehead atoms. The Kier molecular flexibility index (Phi) is 18.9. The van der Waals surface area contributed by atoms with Crippen molar-refractivity contribution in [2.24, 2.45) is 11.8 Å². The van der Waals surface area contributed by atoms with E-state index in [1.165, 1.54) is 12.3 Å². The van der Waals surface area contributed by atoms with Crippen molar-refractivity contribution < 1.29 is 62.1 Å². The number of methoxy groups -OCH3 is 2. The van der Waals surface area contributed by atoms with Crippen molar-refractivity contribution in [2.75, 3.05) is 14.2 Å². The summed E-state index contributed by atoms with van der Waals surface area (Å²) in [6.45, 7) is 12.2. The number of halogens is 1. The number of fused-ring (bicyclic) bond motifs is 9. The van der Waals surface area contributed by atoms with Crippen LogP contribution in [0.5, 0.6) is 0 Å². The molecule has 69 heavy (non-hydrogen) atoms. The number of esters is 1. The molecule has 0 radical (unpaired) electrons. The van der Waals surface area contributed by atoms with Crippen LogP contribution in [0.1, 0.15) is 121 Å². The van der Waals surface area contributed by atoms with E-state index in [-0.39, 0.29) is 67.2 Å². The molecule has 15 atom stereocenters. The first-order valence-electron chi connectivity index (χ1n) is 24.3. The highest BCUT2D eigenvalue weighted by Gasteiger charge is 2.45. The Morgan fingerprint density at radius 2 is 1.78 bits per heavy atom. The van der Waals surface area contributed by atoms with Crippen LogP contribution in [-0.2, 0) is 44.4 Å². The molecule has 0 aliphatic carbocycles. The first-order valence-corrected chi connectivity index (χ1v) is 25.2. The van der Waals surface area contributed by atoms with E-state index in [0.29, 0.717) is 75.1 Å². The van der Waals surface area contributed by atoms with Crippen molar-refractivity contribution in [1.82, 2.24) is 9.97 Å². The number of aliphatic hydroxyl groups is 3. The van der Waals surface area contributed by atoms with Gasteiger partial charge in [-0.3, -0.25) is 0 Å². The molecule has 2 aromatic rings. The SMILES string of the molecule is C=C1C[C@@H]2C[C@@H]3C[C@@H](O)C[C@@H](O3)c3coc(n3)/C=C/C[C@H]3O[C@@H](/C(C)=C/c4coc(C[C@]5(O)CC(OC)C[C@H]([C@H](O)/C=C(C)/C=C/C(C/C=C/Br)OC)O5)n4)[C@H](C)[C@@H](OC(=O)/C=C\C[C@@H](C1)O2)[C@@H]3C. The summed E-state index contributed by atoms with van der Waals surface area (Å²) in [5.74, 6) is -1.95. The number of aromatic nitrogens is 2. The van der Waals surface area contributed by atoms with Gasteiger partial charge < -0.3 is 57.3 Å². The van der Waals surface area contributed by atoms with E-state index in [1.54, 1.807) is 37.6 Å². The lowest BCUT2D eigenvalue weighted by atomic mass is 9.79. The topological polar surface area (TPSA) is 194 Å². The van der Waals surface area contributed by atoms with Gasteiger partial charge in [-0.1, -0.05) is 84.0 Å². The number of rotatable bonds is 12. The summed E-state index contributed by atoms with van der Waals surface area (Å²) >= 11 is 3.28. The normalized spacial score (nSPS) is 36.1. The van der Waals surface area contributed by atoms with Crippen molar-refractivity contribution in [1.29, 1.82) is 0 Å². The van der Waals surface area contributed by atoms with Crippen molar-refractivity contribution >= 4 is 34.1 Å². The summed E-state index contributed by atoms with van der Waals surface area (Å²) in [6.07, 6.45) is 19.5. The fraction of sp³-hybridized carbons (Fsp3) is 0.604. The zero-order valence-electron chi connectivity index (χ0n) is 40.7. The zero-order chi connectivity index (χ0) is 49.2. The minimum absolute atomic E-state index is 0.0830. The summed E-state index contributed by atoms with van der Waals surface area (Å²) in [5.41, 5.74) is 3.86. The molecule has 0 saturated carbocycles. The van der Waals surface area contributed by atoms with E-state index in [2.05, 4.69) is 22.5 Å². The van der Waals surface area contributed by atoms with Gasteiger partial charge in [-0.05, 0) is 75.1 Å². The van der Waals surface area contributed by atoms with Gasteiger partial charge in [0.15, 0.2) is 11.7 Å². The average Bonchev–Trinajstić information content (AvgIpc) is 3.96. The maximum absolute atomic E-state index is 13.6. The Labute approximate surface area is 414 Å². The highest BCUT2D eigenvalue weighted by Crippen LogP contribution is 2.40. The quantitative estimate of drug-likeness (QED) is 0.104. The largest absolute Gasteiger partial charge is 0.458 e. The fourth-order valence-electron chi connectivity index (χ4n) is 10.4. The van der Waals surface area contributed by atoms with Crippen LogP contribution in [0.25, 0.3) is 12.2 Å². The molecule has 7 heterocycles. The molecule has 5 aliphatic heterocycles. The van der Waals surface area contributed by atoms with Gasteiger partial charge in [0, 0.05) is 57.8 Å². The number of hydrogen-bond acceptors (Lipinski definition) is 15. The number of hydrogen-bond donors (Lipinski definition) is 3. The highest BCUT2D eigenvalue weighted by atomic mass is 79.9. The number of carbonyl (C=O) groups excluding carboxylic acids is 1. The molecule has 0 spiro atoms. The third kappa shape index (κ3) is 14.6. The maximum atomic E-state index is 13.6. The standard InChI is InChI=1S/C53H71BrN2O13/c1-31(16-17-38(61-6)12-10-18-54)21-44(58)47-26-42(62-7)27-53(60,69-47)28-49-55-36(29-63-49)22-33(3)51-35(5)52-34(4)45(67-51)13-9-14-48-56-43(30-64-48)46-24-37(57)23-41(66-46)25-40-20-32(2)19-39(65-40)11-8-15-50(59)68-52/h8-10,14-18,21-22,29-30,34-35,37-42,44-47,51-52,57-58,60H,2,11-13,19-20,23-28H2,1,3-7H3/b14-9+,15-8-,17-16+,18-10+,31-21+,33-22+/t34-,35+,37-,38?,39+,40-,41+,42?,44-,45-,46-,47-,51+,52+,53+/m1/s1. The lowest BCUT2D eigenvalue weighted by Crippen LogP contribution is -2.51. The number of aliphatic hydroxyl groups excluding tert-OH is 2. The average molecular weight is 1020 g/mol. The smallest absolute Gasteiger partial charge is 0.330 e. The molecule has 0 amide bonds. The van der Waals surface area contributed by atoms with Crippen LogP contribution in [0.2, 0.25) is 0 Å². The van der Waals surface area contributed by atoms with E-state index in [0.717, 1.165) is 16.7 Å². The molecule has 2 aromatic heterocycles. The van der Waals surface area contributed by atoms with Crippen molar-refractivity contribution in [3.05, 3.63) is 107 Å². The first kappa shape index (κ1) is 53.0. The van der Waals surface area contributed by atoms with Gasteiger partial charge in [0.2, 0.25) is 5.89 Å². The fourth-order valence-corrected chi connectivity index (χ4v) is 10.6. The molecular formula is C53H71BrN2O13. The van der Waals surface area contributed by atoms with Gasteiger partial charge >= 0.3 is 5.97 Å². The van der Waals surface area contributed by atoms with Gasteiger partial charge in [-0.2, -0.15) is 0 Å². The molecular weight excluding hydrogens is 952 g/mol. The van der Waals surface area contributed by atoms with E-state index >= 15 is 0 Å². The zero-order valence-corrected chi connectivity index (χ0v) is 42.3. The molecule has 16 heteroatoms. The van der Waals surface area contributed by atoms with Gasteiger partial charge in [0.05, 0.1) is 67.5 Å². The molecule has 2 unspecified atom stereocenters. The molecule has 4 fully saturated rings. The Bertz CT molecular complexity index is 2210. The molecule has 378 valence electrons. The molecule has 3 N–H and O–H groups in total. The number of nitrogens with zero attached hydrogens (tertiary/aromatic N) is 2. The predicted octanol–water partition coefficient (Wildman–Crippen LogP) is 8.76. The highest BCUT2D eigenvalue weighted by molar-refractivity contribution is 9.11. The third-order valence-electron chi connectivity index (χ3n) is 13.9. The van der Waals surface area contributed by atoms with Crippen molar-refractivity contribution in [3.63, 3.8) is 0 Å². The number of ether oxygens (including phenoxy) is 7. The second kappa shape index (κ2) is 24.5. The minimum atomic E-state index is -1.73. The van der Waals surface area contributed by atoms with E-state index < -0.39 is 48.4 Å². The lowest BCUT2D eigenvalue weighted by molar-refractivity contribution is -0.286. The van der Waals surface area contributed by atoms with Gasteiger partial charge in [-0.15, -0.1) is 0 Å². The van der Waals surface area contributed by atoms with Crippen LogP contribution in [-0.4, -0.2) is 118 Å². The Balaban J connectivity index is 1.06. The Morgan fingerprint density at radius 3 is 2.57 bits per heavy atom. The second-order valence-electron chi connectivity index (χ2n) is 19.5. The molecule has 5 aliphatic rings. The van der Waals surface area contributed by atoms with Crippen molar-refractivity contribution in [3.8, 4) is 0 Å². The Hall–Kier alpha value is -3.81. The van der Waals surface area contributed by atoms with Crippen LogP contribution in [0.15, 0.2) is 92.2 Å². The van der Waals surface area contributed by atoms with Gasteiger partial charge in [0.1, 0.15) is 36.1 Å².